The summed E-state index contributed by atoms with van der Waals surface area (Å²) in [6, 6.07) is 8.55. The van der Waals surface area contributed by atoms with Gasteiger partial charge in [0.25, 0.3) is 0 Å². The number of benzene rings is 1. The lowest BCUT2D eigenvalue weighted by Gasteiger charge is -2.30. The van der Waals surface area contributed by atoms with Gasteiger partial charge in [-0.2, -0.15) is 0 Å². The Hall–Kier alpha value is -3.42. The van der Waals surface area contributed by atoms with E-state index in [0.29, 0.717) is 57.9 Å². The van der Waals surface area contributed by atoms with E-state index in [-0.39, 0.29) is 30.6 Å². The van der Waals surface area contributed by atoms with E-state index in [1.54, 1.807) is 35.0 Å². The second-order valence-corrected chi connectivity index (χ2v) is 15.8. The molecule has 3 heterocycles. The molecule has 4 rings (SSSR count). The highest BCUT2D eigenvalue weighted by atomic mass is 32.1. The van der Waals surface area contributed by atoms with E-state index in [1.165, 1.54) is 11.3 Å². The van der Waals surface area contributed by atoms with Crippen LogP contribution in [0, 0.1) is 0 Å². The maximum atomic E-state index is 14.0. The topological polar surface area (TPSA) is 138 Å². The lowest BCUT2D eigenvalue weighted by molar-refractivity contribution is -0.124. The average Bonchev–Trinajstić information content (AvgIpc) is 3.84. The highest BCUT2D eigenvalue weighted by molar-refractivity contribution is 7.36. The fourth-order valence-corrected chi connectivity index (χ4v) is 7.49. The van der Waals surface area contributed by atoms with Crippen LogP contribution in [0.1, 0.15) is 66.6 Å². The number of alkyl carbamates (subject to hydrolysis) is 1. The molecule has 0 aliphatic carbocycles. The summed E-state index contributed by atoms with van der Waals surface area (Å²) in [7, 11) is 2.70. The van der Waals surface area contributed by atoms with E-state index < -0.39 is 12.1 Å². The molecule has 3 atom stereocenters. The van der Waals surface area contributed by atoms with E-state index in [1.807, 2.05) is 35.7 Å². The molecule has 0 spiro atoms. The van der Waals surface area contributed by atoms with Crippen LogP contribution >= 0.6 is 30.9 Å². The number of carbonyl (C=O) groups excluding carboxylic acids is 3. The van der Waals surface area contributed by atoms with Crippen molar-refractivity contribution in [2.75, 3.05) is 46.1 Å². The molecule has 15 heteroatoms. The zero-order chi connectivity index (χ0) is 36.4. The number of thiazole rings is 2. The summed E-state index contributed by atoms with van der Waals surface area (Å²) in [5.41, 5.74) is 3.63. The molecule has 278 valence electrons. The number of rotatable bonds is 20. The summed E-state index contributed by atoms with van der Waals surface area (Å²) < 4.78 is 11.0. The molecule has 0 bridgehead atoms. The van der Waals surface area contributed by atoms with Crippen molar-refractivity contribution in [2.24, 2.45) is 0 Å². The zero-order valence-electron chi connectivity index (χ0n) is 29.9. The molecule has 1 saturated heterocycles. The third-order valence-corrected chi connectivity index (χ3v) is 11.1. The molecule has 1 aromatic carbocycles. The smallest absolute Gasteiger partial charge is 0.407 e. The van der Waals surface area contributed by atoms with E-state index >= 15 is 0 Å². The van der Waals surface area contributed by atoms with Gasteiger partial charge in [-0.25, -0.2) is 14.6 Å². The fourth-order valence-electron chi connectivity index (χ4n) is 5.66. The van der Waals surface area contributed by atoms with Gasteiger partial charge in [-0.1, -0.05) is 50.5 Å². The normalized spacial score (nSPS) is 15.2. The third-order valence-electron chi connectivity index (χ3n) is 8.58. The number of nitrogens with zero attached hydrogens (tertiary/aromatic N) is 4. The summed E-state index contributed by atoms with van der Waals surface area (Å²) in [5, 5.41) is 12.3. The van der Waals surface area contributed by atoms with Crippen molar-refractivity contribution in [3.05, 3.63) is 68.6 Å². The van der Waals surface area contributed by atoms with Gasteiger partial charge in [0.15, 0.2) is 0 Å². The van der Waals surface area contributed by atoms with Gasteiger partial charge in [0, 0.05) is 56.3 Å². The first-order valence-corrected chi connectivity index (χ1v) is 20.6. The standard InChI is InChI=1S/C36H52N7O5PS2/c1-26(2)34-39-30(24-50-34)22-42(3)35(45)41-32(12-14-43-15-17-47-18-16-43)33(44)38-28(13-19-49-4)10-11-29(20-27-8-6-5-7-9-27)40-36(46)48-23-31-21-37-25-51-31/h5-9,21,24-26,28-29,32H,4,10-20,22-23H2,1-3H3,(H,38,44)(H,40,46)(H,41,45). The first-order chi connectivity index (χ1) is 24.7. The number of hydrogen-bond donors (Lipinski definition) is 3. The first-order valence-electron chi connectivity index (χ1n) is 17.5. The van der Waals surface area contributed by atoms with Crippen LogP contribution in [0.3, 0.4) is 0 Å². The molecular weight excluding hydrogens is 706 g/mol. The van der Waals surface area contributed by atoms with E-state index in [9.17, 15) is 14.4 Å². The first kappa shape index (κ1) is 40.4. The minimum Gasteiger partial charge on any atom is -0.444 e. The number of morpholine rings is 1. The lowest BCUT2D eigenvalue weighted by atomic mass is 9.98. The highest BCUT2D eigenvalue weighted by Gasteiger charge is 2.27. The maximum Gasteiger partial charge on any atom is 0.407 e. The van der Waals surface area contributed by atoms with Crippen molar-refractivity contribution in [3.8, 4) is 0 Å². The van der Waals surface area contributed by atoms with Crippen molar-refractivity contribution in [1.82, 2.24) is 35.7 Å². The summed E-state index contributed by atoms with van der Waals surface area (Å²) >= 11 is 3.03. The van der Waals surface area contributed by atoms with Crippen LogP contribution in [0.5, 0.6) is 0 Å². The quantitative estimate of drug-likeness (QED) is 0.128. The number of aromatic nitrogens is 2. The second-order valence-electron chi connectivity index (χ2n) is 13.0. The number of amides is 4. The number of urea groups is 1. The van der Waals surface area contributed by atoms with Crippen molar-refractivity contribution >= 4 is 55.2 Å². The van der Waals surface area contributed by atoms with E-state index in [2.05, 4.69) is 51.0 Å². The summed E-state index contributed by atoms with van der Waals surface area (Å²) in [6.07, 6.45) is 9.03. The molecule has 3 unspecified atom stereocenters. The Morgan fingerprint density at radius 3 is 2.49 bits per heavy atom. The van der Waals surface area contributed by atoms with Gasteiger partial charge < -0.3 is 30.3 Å². The molecule has 1 aliphatic rings. The third kappa shape index (κ3) is 14.6. The van der Waals surface area contributed by atoms with E-state index in [4.69, 9.17) is 9.47 Å². The van der Waals surface area contributed by atoms with Gasteiger partial charge in [-0.15, -0.1) is 30.9 Å². The number of carbonyl (C=O) groups is 3. The molecule has 3 aromatic rings. The number of ether oxygens (including phenoxy) is 2. The number of hydrogen-bond acceptors (Lipinski definition) is 10. The molecule has 1 fully saturated rings. The Labute approximate surface area is 311 Å². The molecular formula is C36H52N7O5PS2. The van der Waals surface area contributed by atoms with Crippen LogP contribution in [0.2, 0.25) is 0 Å². The van der Waals surface area contributed by atoms with Crippen LogP contribution < -0.4 is 16.0 Å². The number of nitrogens with one attached hydrogen (secondary N) is 3. The van der Waals surface area contributed by atoms with Gasteiger partial charge in [0.05, 0.1) is 40.8 Å². The fraction of sp³-hybridized carbons (Fsp3) is 0.556. The lowest BCUT2D eigenvalue weighted by Crippen LogP contribution is -2.53. The van der Waals surface area contributed by atoms with Gasteiger partial charge in [-0.05, 0) is 43.8 Å². The Balaban J connectivity index is 1.41. The van der Waals surface area contributed by atoms with Crippen molar-refractivity contribution in [2.45, 2.75) is 83.1 Å². The van der Waals surface area contributed by atoms with Gasteiger partial charge in [0.2, 0.25) is 5.91 Å². The minimum atomic E-state index is -0.732. The molecule has 4 amide bonds. The highest BCUT2D eigenvalue weighted by Crippen LogP contribution is 2.20. The average molecular weight is 758 g/mol. The zero-order valence-corrected chi connectivity index (χ0v) is 32.4. The molecule has 51 heavy (non-hydrogen) atoms. The molecule has 1 aliphatic heterocycles. The SMILES string of the molecule is C=PCCC(CCC(Cc1ccccc1)NC(=O)OCc1cncs1)NC(=O)C(CCN1CCOCC1)NC(=O)N(C)Cc1csc(C(C)C)n1. The molecule has 3 N–H and O–H groups in total. The Bertz CT molecular complexity index is 1490. The van der Waals surface area contributed by atoms with Crippen molar-refractivity contribution in [1.29, 1.82) is 0 Å². The second kappa shape index (κ2) is 21.8. The molecule has 2 aromatic heterocycles. The van der Waals surface area contributed by atoms with Gasteiger partial charge in [-0.3, -0.25) is 14.7 Å². The monoisotopic (exact) mass is 757 g/mol. The van der Waals surface area contributed by atoms with Crippen LogP contribution in [0.4, 0.5) is 9.59 Å². The molecule has 0 radical (unpaired) electrons. The Morgan fingerprint density at radius 1 is 1.04 bits per heavy atom. The van der Waals surface area contributed by atoms with Crippen molar-refractivity contribution < 1.29 is 23.9 Å². The predicted molar refractivity (Wildman–Crippen MR) is 206 cm³/mol. The van der Waals surface area contributed by atoms with Gasteiger partial charge >= 0.3 is 12.1 Å². The van der Waals surface area contributed by atoms with Crippen LogP contribution in [0.25, 0.3) is 0 Å². The maximum absolute atomic E-state index is 14.0. The summed E-state index contributed by atoms with van der Waals surface area (Å²) in [5.74, 6) is 0.0995. The van der Waals surface area contributed by atoms with Gasteiger partial charge in [0.1, 0.15) is 12.6 Å². The molecule has 0 saturated carbocycles. The minimum absolute atomic E-state index is 0.158. The van der Waals surface area contributed by atoms with Crippen molar-refractivity contribution in [3.63, 3.8) is 0 Å². The Kier molecular flexibility index (Phi) is 17.3. The van der Waals surface area contributed by atoms with E-state index in [0.717, 1.165) is 55.0 Å². The van der Waals surface area contributed by atoms with Crippen LogP contribution in [-0.4, -0.2) is 108 Å². The van der Waals surface area contributed by atoms with Crippen LogP contribution in [-0.2, 0) is 33.8 Å². The summed E-state index contributed by atoms with van der Waals surface area (Å²) in [4.78, 5) is 53.7. The molecule has 12 nitrogen and oxygen atoms in total. The largest absolute Gasteiger partial charge is 0.444 e. The summed E-state index contributed by atoms with van der Waals surface area (Å²) in [6.45, 7) is 8.24. The predicted octanol–water partition coefficient (Wildman–Crippen LogP) is 5.53. The van der Waals surface area contributed by atoms with Crippen LogP contribution in [0.15, 0.2) is 47.4 Å². The Morgan fingerprint density at radius 2 is 1.80 bits per heavy atom.